The zero-order chi connectivity index (χ0) is 13.8. The maximum atomic E-state index is 4.60. The van der Waals surface area contributed by atoms with Gasteiger partial charge in [-0.15, -0.1) is 0 Å². The number of anilines is 1. The van der Waals surface area contributed by atoms with Gasteiger partial charge in [0.1, 0.15) is 0 Å². The van der Waals surface area contributed by atoms with Crippen molar-refractivity contribution in [2.45, 2.75) is 33.4 Å². The Morgan fingerprint density at radius 3 is 2.42 bits per heavy atom. The average Bonchev–Trinajstić information content (AvgIpc) is 2.74. The molecule has 0 aliphatic carbocycles. The Kier molecular flexibility index (Phi) is 5.05. The van der Waals surface area contributed by atoms with E-state index in [2.05, 4.69) is 72.9 Å². The van der Waals surface area contributed by atoms with Crippen LogP contribution in [0.15, 0.2) is 33.2 Å². The normalized spacial score (nSPS) is 10.7. The van der Waals surface area contributed by atoms with Crippen LogP contribution in [0.5, 0.6) is 0 Å². The fourth-order valence-electron chi connectivity index (χ4n) is 1.94. The Bertz CT molecular complexity index is 547. The highest BCUT2D eigenvalue weighted by atomic mass is 79.9. The minimum absolute atomic E-state index is 0.767. The van der Waals surface area contributed by atoms with E-state index in [1.807, 2.05) is 12.1 Å². The zero-order valence-corrected chi connectivity index (χ0v) is 14.3. The van der Waals surface area contributed by atoms with Crippen LogP contribution in [-0.2, 0) is 19.5 Å². The highest BCUT2D eigenvalue weighted by Gasteiger charge is 2.13. The molecule has 0 atom stereocenters. The van der Waals surface area contributed by atoms with Gasteiger partial charge in [-0.05, 0) is 53.5 Å². The summed E-state index contributed by atoms with van der Waals surface area (Å²) in [6, 6.07) is 8.19. The molecule has 0 bridgehead atoms. The van der Waals surface area contributed by atoms with Crippen molar-refractivity contribution >= 4 is 37.5 Å². The summed E-state index contributed by atoms with van der Waals surface area (Å²) in [7, 11) is 0. The van der Waals surface area contributed by atoms with Gasteiger partial charge in [-0.1, -0.05) is 22.9 Å². The van der Waals surface area contributed by atoms with Gasteiger partial charge in [0.05, 0.1) is 22.4 Å². The molecule has 1 heterocycles. The molecule has 19 heavy (non-hydrogen) atoms. The highest BCUT2D eigenvalue weighted by Crippen LogP contribution is 2.23. The summed E-state index contributed by atoms with van der Waals surface area (Å²) in [6.07, 6.45) is 0.943. The third kappa shape index (κ3) is 3.39. The van der Waals surface area contributed by atoms with E-state index in [0.29, 0.717) is 0 Å². The summed E-state index contributed by atoms with van der Waals surface area (Å²) >= 11 is 7.10. The number of halogens is 2. The van der Waals surface area contributed by atoms with Gasteiger partial charge in [0.25, 0.3) is 0 Å². The van der Waals surface area contributed by atoms with E-state index in [1.165, 1.54) is 5.69 Å². The van der Waals surface area contributed by atoms with Crippen LogP contribution in [0.4, 0.5) is 5.69 Å². The van der Waals surface area contributed by atoms with E-state index in [-0.39, 0.29) is 0 Å². The molecule has 0 amide bonds. The van der Waals surface area contributed by atoms with Crippen molar-refractivity contribution < 1.29 is 0 Å². The van der Waals surface area contributed by atoms with Crippen molar-refractivity contribution in [3.8, 4) is 0 Å². The third-order valence-corrected chi connectivity index (χ3v) is 4.44. The summed E-state index contributed by atoms with van der Waals surface area (Å²) in [4.78, 5) is 0. The lowest BCUT2D eigenvalue weighted by Crippen LogP contribution is -2.08. The van der Waals surface area contributed by atoms with Crippen LogP contribution in [0, 0.1) is 0 Å². The number of hydrogen-bond acceptors (Lipinski definition) is 2. The van der Waals surface area contributed by atoms with Gasteiger partial charge in [-0.3, -0.25) is 4.68 Å². The summed E-state index contributed by atoms with van der Waals surface area (Å²) in [6.45, 7) is 5.89. The van der Waals surface area contributed by atoms with Gasteiger partial charge in [0.15, 0.2) is 0 Å². The Hall–Kier alpha value is -0.810. The number of aromatic nitrogens is 2. The Labute approximate surface area is 130 Å². The van der Waals surface area contributed by atoms with E-state index >= 15 is 0 Å². The molecule has 0 unspecified atom stereocenters. The molecule has 0 spiro atoms. The molecule has 1 aromatic heterocycles. The van der Waals surface area contributed by atoms with Gasteiger partial charge >= 0.3 is 0 Å². The lowest BCUT2D eigenvalue weighted by molar-refractivity contribution is 0.619. The Morgan fingerprint density at radius 1 is 1.16 bits per heavy atom. The minimum Gasteiger partial charge on any atom is -0.379 e. The van der Waals surface area contributed by atoms with Gasteiger partial charge in [0.2, 0.25) is 0 Å². The van der Waals surface area contributed by atoms with E-state index in [4.69, 9.17) is 0 Å². The first-order chi connectivity index (χ1) is 9.15. The Balaban J connectivity index is 2.14. The Morgan fingerprint density at radius 2 is 1.84 bits per heavy atom. The van der Waals surface area contributed by atoms with Crippen LogP contribution in [-0.4, -0.2) is 9.78 Å². The predicted molar refractivity (Wildman–Crippen MR) is 86.4 cm³/mol. The minimum atomic E-state index is 0.767. The number of rotatable bonds is 5. The van der Waals surface area contributed by atoms with Crippen molar-refractivity contribution in [3.63, 3.8) is 0 Å². The first-order valence-corrected chi connectivity index (χ1v) is 7.97. The molecule has 3 nitrogen and oxygen atoms in total. The molecule has 0 aliphatic heterocycles. The zero-order valence-electron chi connectivity index (χ0n) is 11.1. The fraction of sp³-hybridized carbons (Fsp3) is 0.357. The van der Waals surface area contributed by atoms with Gasteiger partial charge in [0, 0.05) is 16.7 Å². The topological polar surface area (TPSA) is 29.9 Å². The van der Waals surface area contributed by atoms with Crippen molar-refractivity contribution in [2.24, 2.45) is 0 Å². The SMILES string of the molecule is CCc1nn(CC)c(CNc2ccc(Br)cc2)c1Br. The molecule has 1 aromatic carbocycles. The molecule has 0 saturated heterocycles. The summed E-state index contributed by atoms with van der Waals surface area (Å²) in [5, 5.41) is 8.02. The van der Waals surface area contributed by atoms with Gasteiger partial charge in [-0.25, -0.2) is 0 Å². The first kappa shape index (κ1) is 14.6. The average molecular weight is 387 g/mol. The van der Waals surface area contributed by atoms with Crippen molar-refractivity contribution in [2.75, 3.05) is 5.32 Å². The number of nitrogens with one attached hydrogen (secondary N) is 1. The molecule has 0 aliphatic rings. The van der Waals surface area contributed by atoms with E-state index in [9.17, 15) is 0 Å². The maximum absolute atomic E-state index is 4.60. The van der Waals surface area contributed by atoms with Gasteiger partial charge in [-0.2, -0.15) is 5.10 Å². The lowest BCUT2D eigenvalue weighted by atomic mass is 10.3. The molecule has 102 valence electrons. The summed E-state index contributed by atoms with van der Waals surface area (Å²) < 4.78 is 4.27. The maximum Gasteiger partial charge on any atom is 0.0767 e. The molecule has 0 fully saturated rings. The van der Waals surface area contributed by atoms with Crippen LogP contribution in [0.1, 0.15) is 25.2 Å². The highest BCUT2D eigenvalue weighted by molar-refractivity contribution is 9.10. The number of aryl methyl sites for hydroxylation is 2. The van der Waals surface area contributed by atoms with Gasteiger partial charge < -0.3 is 5.32 Å². The smallest absolute Gasteiger partial charge is 0.0767 e. The number of hydrogen-bond donors (Lipinski definition) is 1. The molecular weight excluding hydrogens is 370 g/mol. The van der Waals surface area contributed by atoms with Crippen molar-refractivity contribution in [3.05, 3.63) is 44.6 Å². The molecular formula is C14H17Br2N3. The second kappa shape index (κ2) is 6.57. The largest absolute Gasteiger partial charge is 0.379 e. The van der Waals surface area contributed by atoms with Crippen LogP contribution < -0.4 is 5.32 Å². The molecule has 2 rings (SSSR count). The lowest BCUT2D eigenvalue weighted by Gasteiger charge is -2.09. The second-order valence-electron chi connectivity index (χ2n) is 4.24. The monoisotopic (exact) mass is 385 g/mol. The van der Waals surface area contributed by atoms with E-state index in [1.54, 1.807) is 0 Å². The number of benzene rings is 1. The third-order valence-electron chi connectivity index (χ3n) is 3.00. The van der Waals surface area contributed by atoms with Crippen molar-refractivity contribution in [1.29, 1.82) is 0 Å². The van der Waals surface area contributed by atoms with Crippen LogP contribution in [0.25, 0.3) is 0 Å². The molecule has 0 radical (unpaired) electrons. The summed E-state index contributed by atoms with van der Waals surface area (Å²) in [5.41, 5.74) is 3.42. The fourth-order valence-corrected chi connectivity index (χ4v) is 2.91. The first-order valence-electron chi connectivity index (χ1n) is 6.39. The molecule has 0 saturated carbocycles. The van der Waals surface area contributed by atoms with Crippen molar-refractivity contribution in [1.82, 2.24) is 9.78 Å². The van der Waals surface area contributed by atoms with Crippen LogP contribution >= 0.6 is 31.9 Å². The quantitative estimate of drug-likeness (QED) is 0.813. The van der Waals surface area contributed by atoms with Crippen LogP contribution in [0.2, 0.25) is 0 Å². The van der Waals surface area contributed by atoms with E-state index < -0.39 is 0 Å². The standard InChI is InChI=1S/C14H17Br2N3/c1-3-12-14(16)13(19(4-2)18-12)9-17-11-7-5-10(15)6-8-11/h5-8,17H,3-4,9H2,1-2H3. The van der Waals surface area contributed by atoms with Crippen LogP contribution in [0.3, 0.4) is 0 Å². The molecule has 5 heteroatoms. The molecule has 1 N–H and O–H groups in total. The predicted octanol–water partition coefficient (Wildman–Crippen LogP) is 4.60. The van der Waals surface area contributed by atoms with E-state index in [0.717, 1.165) is 39.8 Å². The molecule has 2 aromatic rings. The number of nitrogens with zero attached hydrogens (tertiary/aromatic N) is 2. The summed E-state index contributed by atoms with van der Waals surface area (Å²) in [5.74, 6) is 0. The second-order valence-corrected chi connectivity index (χ2v) is 5.95.